The Balaban J connectivity index is 0.00000100. The number of rotatable bonds is 2. The molecule has 0 amide bonds. The van der Waals surface area contributed by atoms with Crippen molar-refractivity contribution in [2.45, 2.75) is 34.3 Å². The van der Waals surface area contributed by atoms with Crippen molar-refractivity contribution in [2.75, 3.05) is 0 Å². The SMILES string of the molecule is CC.CC(=O)OCc1cccc2c(=O)c3c(C)cccc3ccc12. The summed E-state index contributed by atoms with van der Waals surface area (Å²) in [6.07, 6.45) is 0. The first-order chi connectivity index (χ1) is 11.6. The number of hydrogen-bond donors (Lipinski definition) is 0. The molecule has 0 heterocycles. The van der Waals surface area contributed by atoms with Crippen molar-refractivity contribution in [2.24, 2.45) is 0 Å². The molecule has 0 N–H and O–H groups in total. The van der Waals surface area contributed by atoms with Crippen LogP contribution in [-0.2, 0) is 16.1 Å². The number of benzene rings is 2. The van der Waals surface area contributed by atoms with Gasteiger partial charge >= 0.3 is 5.97 Å². The smallest absolute Gasteiger partial charge is 0.302 e. The van der Waals surface area contributed by atoms with Crippen LogP contribution >= 0.6 is 0 Å². The largest absolute Gasteiger partial charge is 0.461 e. The minimum atomic E-state index is -0.333. The Kier molecular flexibility index (Phi) is 5.69. The molecular weight excluding hydrogens is 300 g/mol. The maximum absolute atomic E-state index is 12.9. The Morgan fingerprint density at radius 1 is 0.958 bits per heavy atom. The van der Waals surface area contributed by atoms with Crippen LogP contribution in [-0.4, -0.2) is 5.97 Å². The molecular formula is C21H22O3. The van der Waals surface area contributed by atoms with Crippen molar-refractivity contribution in [3.05, 3.63) is 69.9 Å². The molecule has 0 saturated carbocycles. The summed E-state index contributed by atoms with van der Waals surface area (Å²) in [4.78, 5) is 23.9. The molecule has 24 heavy (non-hydrogen) atoms. The molecule has 3 aromatic rings. The van der Waals surface area contributed by atoms with E-state index in [0.717, 1.165) is 27.3 Å². The minimum Gasteiger partial charge on any atom is -0.461 e. The van der Waals surface area contributed by atoms with Gasteiger partial charge in [0.2, 0.25) is 0 Å². The number of ether oxygens (including phenoxy) is 1. The fourth-order valence-electron chi connectivity index (χ4n) is 2.76. The van der Waals surface area contributed by atoms with Gasteiger partial charge in [-0.15, -0.1) is 0 Å². The highest BCUT2D eigenvalue weighted by atomic mass is 16.5. The first-order valence-electron chi connectivity index (χ1n) is 8.15. The van der Waals surface area contributed by atoms with Gasteiger partial charge in [0.25, 0.3) is 0 Å². The molecule has 0 saturated heterocycles. The van der Waals surface area contributed by atoms with Gasteiger partial charge in [-0.05, 0) is 28.8 Å². The first kappa shape index (κ1) is 17.7. The Bertz CT molecular complexity index is 942. The fourth-order valence-corrected chi connectivity index (χ4v) is 2.76. The zero-order chi connectivity index (χ0) is 17.7. The van der Waals surface area contributed by atoms with E-state index in [4.69, 9.17) is 4.74 Å². The Hall–Kier alpha value is -2.68. The lowest BCUT2D eigenvalue weighted by Gasteiger charge is -2.04. The monoisotopic (exact) mass is 322 g/mol. The van der Waals surface area contributed by atoms with Crippen molar-refractivity contribution in [3.63, 3.8) is 0 Å². The second kappa shape index (κ2) is 7.73. The zero-order valence-electron chi connectivity index (χ0n) is 14.6. The van der Waals surface area contributed by atoms with E-state index in [1.54, 1.807) is 0 Å². The molecule has 3 rings (SSSR count). The van der Waals surface area contributed by atoms with Crippen LogP contribution in [0.5, 0.6) is 0 Å². The maximum atomic E-state index is 12.9. The van der Waals surface area contributed by atoms with E-state index in [9.17, 15) is 9.59 Å². The van der Waals surface area contributed by atoms with E-state index < -0.39 is 0 Å². The molecule has 3 aromatic carbocycles. The summed E-state index contributed by atoms with van der Waals surface area (Å²) in [5, 5.41) is 3.13. The Morgan fingerprint density at radius 2 is 1.67 bits per heavy atom. The minimum absolute atomic E-state index is 0.0118. The van der Waals surface area contributed by atoms with Crippen LogP contribution in [0.2, 0.25) is 0 Å². The molecule has 0 aliphatic heterocycles. The van der Waals surface area contributed by atoms with Gasteiger partial charge in [-0.25, -0.2) is 0 Å². The molecule has 0 radical (unpaired) electrons. The number of carbonyl (C=O) groups is 1. The second-order valence-corrected chi connectivity index (χ2v) is 5.36. The van der Waals surface area contributed by atoms with Crippen LogP contribution in [0.1, 0.15) is 31.9 Å². The summed E-state index contributed by atoms with van der Waals surface area (Å²) in [5.74, 6) is -0.333. The average molecular weight is 322 g/mol. The summed E-state index contributed by atoms with van der Waals surface area (Å²) in [5.41, 5.74) is 1.81. The summed E-state index contributed by atoms with van der Waals surface area (Å²) in [6, 6.07) is 15.2. The maximum Gasteiger partial charge on any atom is 0.302 e. The van der Waals surface area contributed by atoms with E-state index in [2.05, 4.69) is 0 Å². The van der Waals surface area contributed by atoms with Gasteiger partial charge in [0, 0.05) is 17.7 Å². The molecule has 0 aliphatic rings. The quantitative estimate of drug-likeness (QED) is 0.639. The lowest BCUT2D eigenvalue weighted by molar-refractivity contribution is -0.142. The summed E-state index contributed by atoms with van der Waals surface area (Å²) in [7, 11) is 0. The molecule has 0 aliphatic carbocycles. The highest BCUT2D eigenvalue weighted by Gasteiger charge is 2.08. The van der Waals surface area contributed by atoms with Crippen molar-refractivity contribution < 1.29 is 9.53 Å². The third kappa shape index (κ3) is 3.46. The van der Waals surface area contributed by atoms with Crippen LogP contribution in [0.25, 0.3) is 21.5 Å². The standard InChI is InChI=1S/C19H16O3.C2H6/c1-12-5-3-6-14-9-10-16-15(11-22-13(2)20)7-4-8-17(16)19(21)18(12)14;1-2/h3-10H,11H2,1-2H3;1-2H3. The van der Waals surface area contributed by atoms with Crippen LogP contribution < -0.4 is 5.43 Å². The molecule has 0 aromatic heterocycles. The highest BCUT2D eigenvalue weighted by Crippen LogP contribution is 2.21. The molecule has 3 heteroatoms. The van der Waals surface area contributed by atoms with Gasteiger partial charge in [-0.1, -0.05) is 62.4 Å². The van der Waals surface area contributed by atoms with Gasteiger partial charge in [-0.3, -0.25) is 9.59 Å². The van der Waals surface area contributed by atoms with Gasteiger partial charge in [-0.2, -0.15) is 0 Å². The number of carbonyl (C=O) groups excluding carboxylic acids is 1. The average Bonchev–Trinajstić information content (AvgIpc) is 2.73. The van der Waals surface area contributed by atoms with E-state index in [-0.39, 0.29) is 18.0 Å². The van der Waals surface area contributed by atoms with Crippen molar-refractivity contribution in [3.8, 4) is 0 Å². The second-order valence-electron chi connectivity index (χ2n) is 5.36. The predicted molar refractivity (Wildman–Crippen MR) is 99.3 cm³/mol. The van der Waals surface area contributed by atoms with Crippen LogP contribution in [0.3, 0.4) is 0 Å². The molecule has 0 atom stereocenters. The van der Waals surface area contributed by atoms with E-state index in [1.165, 1.54) is 6.92 Å². The van der Waals surface area contributed by atoms with Crippen molar-refractivity contribution in [1.29, 1.82) is 0 Å². The van der Waals surface area contributed by atoms with Crippen molar-refractivity contribution in [1.82, 2.24) is 0 Å². The topological polar surface area (TPSA) is 43.4 Å². The summed E-state index contributed by atoms with van der Waals surface area (Å²) < 4.78 is 5.09. The summed E-state index contributed by atoms with van der Waals surface area (Å²) in [6.45, 7) is 7.49. The molecule has 0 bridgehead atoms. The normalized spacial score (nSPS) is 10.2. The van der Waals surface area contributed by atoms with Crippen LogP contribution in [0, 0.1) is 6.92 Å². The van der Waals surface area contributed by atoms with E-state index >= 15 is 0 Å². The number of esters is 1. The number of aryl methyl sites for hydroxylation is 1. The fraction of sp³-hybridized carbons (Fsp3) is 0.238. The highest BCUT2D eigenvalue weighted by molar-refractivity contribution is 5.96. The molecule has 0 unspecified atom stereocenters. The third-order valence-corrected chi connectivity index (χ3v) is 3.83. The molecule has 124 valence electrons. The van der Waals surface area contributed by atoms with Crippen molar-refractivity contribution >= 4 is 27.5 Å². The molecule has 0 fully saturated rings. The van der Waals surface area contributed by atoms with Crippen LogP contribution in [0.15, 0.2) is 53.3 Å². The van der Waals surface area contributed by atoms with Gasteiger partial charge in [0.1, 0.15) is 6.61 Å². The van der Waals surface area contributed by atoms with E-state index in [0.29, 0.717) is 5.39 Å². The van der Waals surface area contributed by atoms with Gasteiger partial charge in [0.15, 0.2) is 5.43 Å². The predicted octanol–water partition coefficient (Wildman–Crippen LogP) is 4.75. The Labute approximate surface area is 141 Å². The number of fused-ring (bicyclic) bond motifs is 2. The third-order valence-electron chi connectivity index (χ3n) is 3.83. The molecule has 0 spiro atoms. The molecule has 3 nitrogen and oxygen atoms in total. The zero-order valence-corrected chi connectivity index (χ0v) is 14.6. The summed E-state index contributed by atoms with van der Waals surface area (Å²) >= 11 is 0. The van der Waals surface area contributed by atoms with Crippen LogP contribution in [0.4, 0.5) is 0 Å². The number of hydrogen-bond acceptors (Lipinski definition) is 3. The lowest BCUT2D eigenvalue weighted by Crippen LogP contribution is -2.03. The van der Waals surface area contributed by atoms with Gasteiger partial charge in [0.05, 0.1) is 0 Å². The lowest BCUT2D eigenvalue weighted by atomic mass is 10.1. The first-order valence-corrected chi connectivity index (χ1v) is 8.15. The van der Waals surface area contributed by atoms with E-state index in [1.807, 2.05) is 69.3 Å². The Morgan fingerprint density at radius 3 is 2.38 bits per heavy atom. The van der Waals surface area contributed by atoms with Gasteiger partial charge < -0.3 is 4.74 Å².